The van der Waals surface area contributed by atoms with Crippen molar-refractivity contribution in [3.05, 3.63) is 479 Å². The monoisotopic (exact) mass is 1670 g/mol. The lowest BCUT2D eigenvalue weighted by Gasteiger charge is -2.25. The molecule has 0 fully saturated rings. The average molecular weight is 1670 g/mol. The molecule has 618 valence electrons. The molecule has 0 amide bonds. The van der Waals surface area contributed by atoms with Gasteiger partial charge < -0.3 is 56.8 Å². The van der Waals surface area contributed by atoms with Crippen LogP contribution in [0.25, 0.3) is 0 Å². The fraction of sp³-hybridized carbons (Fsp3) is 0.127. The quantitative estimate of drug-likeness (QED) is 0.0339. The van der Waals surface area contributed by atoms with Gasteiger partial charge in [-0.2, -0.15) is 0 Å². The van der Waals surface area contributed by atoms with Gasteiger partial charge in [-0.1, -0.05) is 291 Å². The minimum Gasteiger partial charge on any atom is -0.489 e. The average Bonchev–Trinajstić information content (AvgIpc) is 0.808. The zero-order valence-corrected chi connectivity index (χ0v) is 70.7. The van der Waals surface area contributed by atoms with Crippen molar-refractivity contribution in [2.24, 2.45) is 0 Å². The Hall–Kier alpha value is -14.0. The molecule has 16 rings (SSSR count). The molecule has 0 aliphatic heterocycles. The van der Waals surface area contributed by atoms with Crippen molar-refractivity contribution < 1.29 is 56.8 Å². The van der Waals surface area contributed by atoms with Crippen LogP contribution in [0.1, 0.15) is 66.8 Å². The smallest absolute Gasteiger partial charge is 0.123 e. The van der Waals surface area contributed by atoms with Gasteiger partial charge in [0.05, 0.1) is 0 Å². The first-order chi connectivity index (χ1) is 61.3. The standard InChI is InChI=1S/C110H96O12P2/c1-9-25-83(26-10-1)71-115-99-59-91(60-100(67-99)116-72-84-27-11-2-12-28-84)79-111-95-41-49-107(50-42-95)123(108-51-43-96(44-52-108)112-80-92-61-101(117-73-85-29-13-3-14-30-85)68-102(62-92)118-74-86-31-15-4-16-32-86)57-58-124(109-53-45-97(46-54-109)113-81-93-63-103(119-75-87-33-17-5-18-34-87)69-104(64-93)120-76-88-35-19-6-20-36-88)110-55-47-98(48-56-110)114-82-94-65-105(121-77-89-37-21-7-22-38-89)70-106(66-94)122-78-90-39-23-8-24-40-90/h1-56,59-70H,57-58,71-82H2. The van der Waals surface area contributed by atoms with Crippen molar-refractivity contribution >= 4 is 37.1 Å². The molecule has 0 radical (unpaired) electrons. The lowest BCUT2D eigenvalue weighted by Crippen LogP contribution is -2.20. The molecule has 0 N–H and O–H groups in total. The van der Waals surface area contributed by atoms with Crippen LogP contribution < -0.4 is 78.1 Å². The van der Waals surface area contributed by atoms with Crippen molar-refractivity contribution in [1.82, 2.24) is 0 Å². The van der Waals surface area contributed by atoms with Crippen molar-refractivity contribution in [1.29, 1.82) is 0 Å². The minimum absolute atomic E-state index is 0.287. The molecule has 0 saturated heterocycles. The summed E-state index contributed by atoms with van der Waals surface area (Å²) in [4.78, 5) is 0. The maximum absolute atomic E-state index is 6.69. The predicted molar refractivity (Wildman–Crippen MR) is 497 cm³/mol. The third-order valence-corrected chi connectivity index (χ3v) is 25.9. The summed E-state index contributed by atoms with van der Waals surface area (Å²) in [5.74, 6) is 8.51. The fourth-order valence-electron chi connectivity index (χ4n) is 14.0. The Bertz CT molecular complexity index is 4930. The van der Waals surface area contributed by atoms with Crippen LogP contribution in [0.4, 0.5) is 0 Å². The first-order valence-corrected chi connectivity index (χ1v) is 44.7. The molecule has 12 nitrogen and oxygen atoms in total. The van der Waals surface area contributed by atoms with Crippen LogP contribution in [0.3, 0.4) is 0 Å². The van der Waals surface area contributed by atoms with Crippen LogP contribution in [0.2, 0.25) is 0 Å². The van der Waals surface area contributed by atoms with Crippen molar-refractivity contribution in [3.63, 3.8) is 0 Å². The van der Waals surface area contributed by atoms with Crippen LogP contribution in [0, 0.1) is 0 Å². The molecule has 124 heavy (non-hydrogen) atoms. The molecule has 0 heterocycles. The Balaban J connectivity index is 0.683. The lowest BCUT2D eigenvalue weighted by atomic mass is 10.2. The molecule has 0 spiro atoms. The molecular weight excluding hydrogens is 1580 g/mol. The van der Waals surface area contributed by atoms with Gasteiger partial charge in [-0.3, -0.25) is 0 Å². The van der Waals surface area contributed by atoms with Gasteiger partial charge in [-0.05, 0) is 213 Å². The number of hydrogen-bond acceptors (Lipinski definition) is 12. The summed E-state index contributed by atoms with van der Waals surface area (Å²) in [5.41, 5.74) is 12.2. The Morgan fingerprint density at radius 1 is 0.121 bits per heavy atom. The normalized spacial score (nSPS) is 11.0. The summed E-state index contributed by atoms with van der Waals surface area (Å²) in [6.45, 7) is 4.45. The van der Waals surface area contributed by atoms with Crippen LogP contribution in [0.5, 0.6) is 69.0 Å². The van der Waals surface area contributed by atoms with E-state index in [9.17, 15) is 0 Å². The van der Waals surface area contributed by atoms with E-state index in [1.54, 1.807) is 0 Å². The third-order valence-electron chi connectivity index (χ3n) is 20.5. The van der Waals surface area contributed by atoms with E-state index in [0.717, 1.165) is 102 Å². The van der Waals surface area contributed by atoms with Crippen LogP contribution >= 0.6 is 15.8 Å². The van der Waals surface area contributed by atoms with Gasteiger partial charge in [0.25, 0.3) is 0 Å². The molecule has 0 bridgehead atoms. The zero-order chi connectivity index (χ0) is 83.8. The molecule has 0 atom stereocenters. The summed E-state index contributed by atoms with van der Waals surface area (Å²) in [6, 6.07) is 140. The second-order valence-corrected chi connectivity index (χ2v) is 34.6. The second kappa shape index (κ2) is 44.0. The Morgan fingerprint density at radius 3 is 0.395 bits per heavy atom. The largest absolute Gasteiger partial charge is 0.489 e. The van der Waals surface area contributed by atoms with Crippen LogP contribution in [0.15, 0.2) is 413 Å². The highest BCUT2D eigenvalue weighted by atomic mass is 31.1. The van der Waals surface area contributed by atoms with E-state index in [4.69, 9.17) is 56.8 Å². The van der Waals surface area contributed by atoms with Gasteiger partial charge in [0.15, 0.2) is 0 Å². The highest BCUT2D eigenvalue weighted by Gasteiger charge is 2.22. The molecule has 0 aliphatic rings. The lowest BCUT2D eigenvalue weighted by molar-refractivity contribution is 0.281. The number of hydrogen-bond donors (Lipinski definition) is 0. The van der Waals surface area contributed by atoms with E-state index < -0.39 is 15.8 Å². The summed E-state index contributed by atoms with van der Waals surface area (Å²) in [5, 5.41) is 4.81. The molecule has 16 aromatic carbocycles. The second-order valence-electron chi connectivity index (χ2n) is 29.9. The zero-order valence-electron chi connectivity index (χ0n) is 69.0. The van der Waals surface area contributed by atoms with E-state index >= 15 is 0 Å². The molecule has 0 aliphatic carbocycles. The molecular formula is C110H96O12P2. The first kappa shape index (κ1) is 83.6. The predicted octanol–water partition coefficient (Wildman–Crippen LogP) is 24.2. The third kappa shape index (κ3) is 25.8. The van der Waals surface area contributed by atoms with Crippen LogP contribution in [-0.2, 0) is 79.3 Å². The molecule has 0 aromatic heterocycles. The molecule has 16 aromatic rings. The first-order valence-electron chi connectivity index (χ1n) is 41.7. The summed E-state index contributed by atoms with van der Waals surface area (Å²) in [7, 11) is -2.02. The number of benzene rings is 16. The Kier molecular flexibility index (Phi) is 29.7. The Morgan fingerprint density at radius 2 is 0.250 bits per heavy atom. The van der Waals surface area contributed by atoms with E-state index in [1.165, 1.54) is 21.2 Å². The topological polar surface area (TPSA) is 111 Å². The SMILES string of the molecule is c1ccc(COc2cc(COc3ccc(P(CCP(c4ccc(OCc5cc(OCc6ccccc6)cc(OCc6ccccc6)c5)cc4)c4ccc(OCc5cc(OCc6ccccc6)cc(OCc6ccccc6)c5)cc4)c4ccc(OCc5cc(OCc6ccccc6)cc(OCc6ccccc6)c5)cc4)cc3)cc(OCc3ccccc3)c2)cc1. The van der Waals surface area contributed by atoms with E-state index in [2.05, 4.69) is 194 Å². The van der Waals surface area contributed by atoms with Crippen molar-refractivity contribution in [2.45, 2.75) is 79.3 Å². The minimum atomic E-state index is -1.01. The summed E-state index contributed by atoms with van der Waals surface area (Å²) >= 11 is 0. The van der Waals surface area contributed by atoms with Gasteiger partial charge in [0.1, 0.15) is 148 Å². The van der Waals surface area contributed by atoms with Gasteiger partial charge >= 0.3 is 0 Å². The van der Waals surface area contributed by atoms with E-state index in [1.807, 2.05) is 218 Å². The summed E-state index contributed by atoms with van der Waals surface area (Å²) < 4.78 is 78.1. The highest BCUT2D eigenvalue weighted by Crippen LogP contribution is 2.43. The van der Waals surface area contributed by atoms with Crippen molar-refractivity contribution in [2.75, 3.05) is 12.3 Å². The highest BCUT2D eigenvalue weighted by molar-refractivity contribution is 7.76. The van der Waals surface area contributed by atoms with Gasteiger partial charge in [0, 0.05) is 24.3 Å². The number of ether oxygens (including phenoxy) is 12. The van der Waals surface area contributed by atoms with Gasteiger partial charge in [0.2, 0.25) is 0 Å². The number of rotatable bonds is 43. The van der Waals surface area contributed by atoms with E-state index in [-0.39, 0.29) is 26.4 Å². The Labute approximate surface area is 729 Å². The fourth-order valence-corrected chi connectivity index (χ4v) is 19.3. The van der Waals surface area contributed by atoms with Gasteiger partial charge in [-0.15, -0.1) is 0 Å². The van der Waals surface area contributed by atoms with Crippen molar-refractivity contribution in [3.8, 4) is 69.0 Å². The molecule has 14 heteroatoms. The molecule has 0 unspecified atom stereocenters. The van der Waals surface area contributed by atoms with E-state index in [0.29, 0.717) is 98.9 Å². The molecule has 0 saturated carbocycles. The maximum Gasteiger partial charge on any atom is 0.123 e. The maximum atomic E-state index is 6.69. The van der Waals surface area contributed by atoms with Gasteiger partial charge in [-0.25, -0.2) is 0 Å². The van der Waals surface area contributed by atoms with Crippen LogP contribution in [-0.4, -0.2) is 12.3 Å². The summed E-state index contributed by atoms with van der Waals surface area (Å²) in [6.07, 6.45) is 1.69.